The highest BCUT2D eigenvalue weighted by Crippen LogP contribution is 2.12. The molecule has 2 atom stereocenters. The average Bonchev–Trinajstić information content (AvgIpc) is 2.91. The van der Waals surface area contributed by atoms with E-state index >= 15 is 0 Å². The van der Waals surface area contributed by atoms with E-state index in [4.69, 9.17) is 4.74 Å². The fourth-order valence-electron chi connectivity index (χ4n) is 2.60. The summed E-state index contributed by atoms with van der Waals surface area (Å²) in [6.07, 6.45) is 3.70. The molecule has 0 bridgehead atoms. The highest BCUT2D eigenvalue weighted by atomic mass is 35.5. The van der Waals surface area contributed by atoms with Gasteiger partial charge in [-0.05, 0) is 20.9 Å². The standard InChI is InChI=1S/C15H25N5O3.ClH/c1-11-7-19(8-12(2)23-11)15(22)10-20-9-13(6-17-20)18-14(21)4-5-16-3;/h6,9,11-12,16H,4-5,7-8,10H2,1-3H3,(H,18,21);1H. The molecule has 1 aromatic heterocycles. The zero-order chi connectivity index (χ0) is 16.8. The highest BCUT2D eigenvalue weighted by molar-refractivity contribution is 5.90. The van der Waals surface area contributed by atoms with Crippen LogP contribution in [0.15, 0.2) is 12.4 Å². The molecular formula is C15H26ClN5O3. The third-order valence-electron chi connectivity index (χ3n) is 3.59. The van der Waals surface area contributed by atoms with E-state index in [-0.39, 0.29) is 43.0 Å². The van der Waals surface area contributed by atoms with E-state index in [1.807, 2.05) is 13.8 Å². The minimum Gasteiger partial charge on any atom is -0.372 e. The van der Waals surface area contributed by atoms with Gasteiger partial charge in [0.15, 0.2) is 0 Å². The number of morpholine rings is 1. The second-order valence-electron chi connectivity index (χ2n) is 5.88. The van der Waals surface area contributed by atoms with Crippen molar-refractivity contribution in [1.29, 1.82) is 0 Å². The summed E-state index contributed by atoms with van der Waals surface area (Å²) in [6, 6.07) is 0. The van der Waals surface area contributed by atoms with Crippen LogP contribution in [0.25, 0.3) is 0 Å². The largest absolute Gasteiger partial charge is 0.372 e. The predicted octanol–water partition coefficient (Wildman–Crippen LogP) is 0.489. The van der Waals surface area contributed by atoms with Gasteiger partial charge in [-0.3, -0.25) is 14.3 Å². The van der Waals surface area contributed by atoms with Gasteiger partial charge in [0.1, 0.15) is 6.54 Å². The Kier molecular flexibility index (Phi) is 8.17. The molecule has 0 aliphatic carbocycles. The molecule has 1 fully saturated rings. The Labute approximate surface area is 148 Å². The molecule has 2 amide bonds. The third kappa shape index (κ3) is 6.10. The van der Waals surface area contributed by atoms with Crippen LogP contribution in [-0.2, 0) is 20.9 Å². The van der Waals surface area contributed by atoms with Crippen LogP contribution >= 0.6 is 12.4 Å². The molecular weight excluding hydrogens is 334 g/mol. The first-order valence-corrected chi connectivity index (χ1v) is 7.88. The Bertz CT molecular complexity index is 541. The molecule has 8 nitrogen and oxygen atoms in total. The van der Waals surface area contributed by atoms with Crippen LogP contribution < -0.4 is 10.6 Å². The van der Waals surface area contributed by atoms with Gasteiger partial charge in [0.25, 0.3) is 0 Å². The number of halogens is 1. The highest BCUT2D eigenvalue weighted by Gasteiger charge is 2.25. The molecule has 1 aromatic rings. The molecule has 2 unspecified atom stereocenters. The zero-order valence-corrected chi connectivity index (χ0v) is 15.1. The van der Waals surface area contributed by atoms with Gasteiger partial charge in [0.2, 0.25) is 11.8 Å². The van der Waals surface area contributed by atoms with Crippen molar-refractivity contribution in [1.82, 2.24) is 20.0 Å². The quantitative estimate of drug-likeness (QED) is 0.771. The van der Waals surface area contributed by atoms with Crippen LogP contribution in [0.1, 0.15) is 20.3 Å². The van der Waals surface area contributed by atoms with E-state index in [1.54, 1.807) is 29.0 Å². The summed E-state index contributed by atoms with van der Waals surface area (Å²) in [7, 11) is 1.80. The number of hydrogen-bond donors (Lipinski definition) is 2. The molecule has 0 radical (unpaired) electrons. The summed E-state index contributed by atoms with van der Waals surface area (Å²) in [4.78, 5) is 25.8. The van der Waals surface area contributed by atoms with E-state index in [2.05, 4.69) is 15.7 Å². The Morgan fingerprint density at radius 1 is 1.33 bits per heavy atom. The lowest BCUT2D eigenvalue weighted by atomic mass is 10.2. The maximum absolute atomic E-state index is 12.3. The fraction of sp³-hybridized carbons (Fsp3) is 0.667. The molecule has 1 aliphatic rings. The summed E-state index contributed by atoms with van der Waals surface area (Å²) < 4.78 is 7.17. The van der Waals surface area contributed by atoms with Gasteiger partial charge < -0.3 is 20.3 Å². The summed E-state index contributed by atoms with van der Waals surface area (Å²) in [5.41, 5.74) is 0.600. The molecule has 9 heteroatoms. The van der Waals surface area contributed by atoms with E-state index in [9.17, 15) is 9.59 Å². The smallest absolute Gasteiger partial charge is 0.244 e. The van der Waals surface area contributed by atoms with Gasteiger partial charge in [0, 0.05) is 32.3 Å². The summed E-state index contributed by atoms with van der Waals surface area (Å²) >= 11 is 0. The number of amides is 2. The second-order valence-corrected chi connectivity index (χ2v) is 5.88. The molecule has 136 valence electrons. The van der Waals surface area contributed by atoms with E-state index in [0.717, 1.165) is 0 Å². The minimum absolute atomic E-state index is 0. The van der Waals surface area contributed by atoms with Crippen molar-refractivity contribution >= 4 is 29.9 Å². The lowest BCUT2D eigenvalue weighted by Crippen LogP contribution is -2.49. The van der Waals surface area contributed by atoms with E-state index in [1.165, 1.54) is 0 Å². The molecule has 0 saturated carbocycles. The van der Waals surface area contributed by atoms with Gasteiger partial charge in [-0.25, -0.2) is 0 Å². The Morgan fingerprint density at radius 2 is 2.00 bits per heavy atom. The first-order chi connectivity index (χ1) is 11.0. The number of nitrogens with zero attached hydrogens (tertiary/aromatic N) is 3. The monoisotopic (exact) mass is 359 g/mol. The van der Waals surface area contributed by atoms with Crippen molar-refractivity contribution in [2.24, 2.45) is 0 Å². The van der Waals surface area contributed by atoms with E-state index in [0.29, 0.717) is 31.7 Å². The minimum atomic E-state index is -0.0824. The Hall–Kier alpha value is -1.64. The first kappa shape index (κ1) is 20.4. The SMILES string of the molecule is CNCCC(=O)Nc1cnn(CC(=O)N2CC(C)OC(C)C2)c1.Cl. The number of hydrogen-bond acceptors (Lipinski definition) is 5. The van der Waals surface area contributed by atoms with E-state index < -0.39 is 0 Å². The molecule has 0 aromatic carbocycles. The van der Waals surface area contributed by atoms with Crippen molar-refractivity contribution in [3.8, 4) is 0 Å². The van der Waals surface area contributed by atoms with Crippen LogP contribution in [0.4, 0.5) is 5.69 Å². The molecule has 1 saturated heterocycles. The van der Waals surface area contributed by atoms with Crippen molar-refractivity contribution in [3.63, 3.8) is 0 Å². The van der Waals surface area contributed by atoms with Crippen LogP contribution in [0.5, 0.6) is 0 Å². The molecule has 2 rings (SSSR count). The lowest BCUT2D eigenvalue weighted by molar-refractivity contribution is -0.144. The van der Waals surface area contributed by atoms with Crippen molar-refractivity contribution in [3.05, 3.63) is 12.4 Å². The van der Waals surface area contributed by atoms with Gasteiger partial charge in [-0.15, -0.1) is 12.4 Å². The third-order valence-corrected chi connectivity index (χ3v) is 3.59. The molecule has 24 heavy (non-hydrogen) atoms. The Balaban J connectivity index is 0.00000288. The van der Waals surface area contributed by atoms with Crippen LogP contribution in [0.3, 0.4) is 0 Å². The maximum Gasteiger partial charge on any atom is 0.244 e. The van der Waals surface area contributed by atoms with Crippen molar-refractivity contribution < 1.29 is 14.3 Å². The number of nitrogens with one attached hydrogen (secondary N) is 2. The zero-order valence-electron chi connectivity index (χ0n) is 14.3. The number of anilines is 1. The second kappa shape index (κ2) is 9.61. The van der Waals surface area contributed by atoms with Crippen LogP contribution in [0.2, 0.25) is 0 Å². The van der Waals surface area contributed by atoms with Crippen molar-refractivity contribution in [2.75, 3.05) is 32.0 Å². The number of rotatable bonds is 6. The first-order valence-electron chi connectivity index (χ1n) is 7.88. The Morgan fingerprint density at radius 3 is 2.62 bits per heavy atom. The number of carbonyl (C=O) groups is 2. The van der Waals surface area contributed by atoms with Gasteiger partial charge in [-0.1, -0.05) is 0 Å². The maximum atomic E-state index is 12.3. The van der Waals surface area contributed by atoms with Crippen molar-refractivity contribution in [2.45, 2.75) is 39.0 Å². The summed E-state index contributed by atoms with van der Waals surface area (Å²) in [6.45, 7) is 5.89. The number of aromatic nitrogens is 2. The van der Waals surface area contributed by atoms with Crippen LogP contribution in [-0.4, -0.2) is 65.4 Å². The summed E-state index contributed by atoms with van der Waals surface area (Å²) in [5.74, 6) is -0.0794. The normalized spacial score (nSPS) is 20.4. The van der Waals surface area contributed by atoms with Crippen LogP contribution in [0, 0.1) is 0 Å². The topological polar surface area (TPSA) is 88.5 Å². The van der Waals surface area contributed by atoms with Gasteiger partial charge >= 0.3 is 0 Å². The average molecular weight is 360 g/mol. The summed E-state index contributed by atoms with van der Waals surface area (Å²) in [5, 5.41) is 9.80. The van der Waals surface area contributed by atoms with Gasteiger partial charge in [-0.2, -0.15) is 5.10 Å². The molecule has 0 spiro atoms. The lowest BCUT2D eigenvalue weighted by Gasteiger charge is -2.35. The predicted molar refractivity (Wildman–Crippen MR) is 93.2 cm³/mol. The molecule has 2 N–H and O–H groups in total. The number of carbonyl (C=O) groups excluding carboxylic acids is 2. The number of ether oxygens (including phenoxy) is 1. The van der Waals surface area contributed by atoms with Gasteiger partial charge in [0.05, 0.1) is 24.1 Å². The molecule has 1 aliphatic heterocycles. The fourth-order valence-corrected chi connectivity index (χ4v) is 2.60. The molecule has 2 heterocycles.